The van der Waals surface area contributed by atoms with Gasteiger partial charge in [-0.15, -0.1) is 0 Å². The fourth-order valence-corrected chi connectivity index (χ4v) is 1.35. The lowest BCUT2D eigenvalue weighted by Gasteiger charge is -2.12. The Kier molecular flexibility index (Phi) is 3.88. The molecular weight excluding hydrogens is 215 g/mol. The minimum absolute atomic E-state index is 0.190. The van der Waals surface area contributed by atoms with E-state index in [0.717, 1.165) is 6.07 Å². The number of rotatable bonds is 2. The zero-order chi connectivity index (χ0) is 12.2. The summed E-state index contributed by atoms with van der Waals surface area (Å²) < 4.78 is 38.0. The summed E-state index contributed by atoms with van der Waals surface area (Å²) in [5, 5.41) is 0. The van der Waals surface area contributed by atoms with E-state index in [2.05, 4.69) is 4.99 Å². The van der Waals surface area contributed by atoms with Crippen molar-refractivity contribution >= 4 is 11.8 Å². The summed E-state index contributed by atoms with van der Waals surface area (Å²) in [4.78, 5) is 3.71. The van der Waals surface area contributed by atoms with Crippen LogP contribution in [0.4, 0.5) is 13.2 Å². The molecule has 0 spiro atoms. The molecule has 0 saturated carbocycles. The maximum atomic E-state index is 12.7. The van der Waals surface area contributed by atoms with Gasteiger partial charge < -0.3 is 0 Å². The minimum atomic E-state index is -4.32. The molecule has 16 heavy (non-hydrogen) atoms. The smallest absolute Gasteiger partial charge is 0.297 e. The average molecular weight is 227 g/mol. The number of hydrogen-bond acceptors (Lipinski definition) is 1. The van der Waals surface area contributed by atoms with E-state index >= 15 is 0 Å². The van der Waals surface area contributed by atoms with Gasteiger partial charge in [0.25, 0.3) is 0 Å². The molecule has 0 atom stereocenters. The first-order valence-corrected chi connectivity index (χ1v) is 4.72. The highest BCUT2D eigenvalue weighted by molar-refractivity contribution is 5.84. The van der Waals surface area contributed by atoms with Crippen LogP contribution in [-0.4, -0.2) is 13.3 Å². The Morgan fingerprint density at radius 3 is 2.44 bits per heavy atom. The van der Waals surface area contributed by atoms with Gasteiger partial charge in [-0.3, -0.25) is 4.99 Å². The van der Waals surface area contributed by atoms with Gasteiger partial charge >= 0.3 is 6.18 Å². The third kappa shape index (κ3) is 2.95. The van der Waals surface area contributed by atoms with Crippen LogP contribution < -0.4 is 0 Å². The number of halogens is 3. The Balaban J connectivity index is 3.24. The monoisotopic (exact) mass is 227 g/mol. The van der Waals surface area contributed by atoms with Gasteiger partial charge in [0.2, 0.25) is 0 Å². The molecule has 0 radical (unpaired) electrons. The third-order valence-electron chi connectivity index (χ3n) is 2.13. The number of hydrogen-bond donors (Lipinski definition) is 0. The van der Waals surface area contributed by atoms with Gasteiger partial charge in [0.15, 0.2) is 0 Å². The predicted octanol–water partition coefficient (Wildman–Crippen LogP) is 3.81. The molecule has 0 aliphatic carbocycles. The van der Waals surface area contributed by atoms with Crippen LogP contribution in [0, 0.1) is 0 Å². The van der Waals surface area contributed by atoms with Crippen LogP contribution in [0.3, 0.4) is 0 Å². The second kappa shape index (κ2) is 4.96. The Morgan fingerprint density at radius 2 is 1.88 bits per heavy atom. The van der Waals surface area contributed by atoms with Crippen LogP contribution in [0.2, 0.25) is 0 Å². The molecule has 1 aromatic carbocycles. The fourth-order valence-electron chi connectivity index (χ4n) is 1.35. The predicted molar refractivity (Wildman–Crippen MR) is 59.5 cm³/mol. The largest absolute Gasteiger partial charge is 0.416 e. The number of aliphatic imine (C=N–C) groups is 1. The Bertz CT molecular complexity index is 417. The molecule has 0 aliphatic heterocycles. The molecule has 0 aromatic heterocycles. The van der Waals surface area contributed by atoms with Gasteiger partial charge in [-0.1, -0.05) is 18.2 Å². The number of benzene rings is 1. The zero-order valence-electron chi connectivity index (χ0n) is 9.05. The van der Waals surface area contributed by atoms with E-state index in [1.807, 2.05) is 0 Å². The molecule has 0 unspecified atom stereocenters. The lowest BCUT2D eigenvalue weighted by atomic mass is 10.0. The van der Waals surface area contributed by atoms with Crippen molar-refractivity contribution in [3.05, 3.63) is 41.5 Å². The van der Waals surface area contributed by atoms with Crippen molar-refractivity contribution in [2.24, 2.45) is 4.99 Å². The summed E-state index contributed by atoms with van der Waals surface area (Å²) in [6.45, 7) is 1.63. The van der Waals surface area contributed by atoms with Gasteiger partial charge in [0, 0.05) is 13.3 Å². The first-order valence-electron chi connectivity index (χ1n) is 4.72. The molecule has 0 N–H and O–H groups in total. The number of allylic oxidation sites excluding steroid dienone is 2. The third-order valence-corrected chi connectivity index (χ3v) is 2.13. The first-order chi connectivity index (χ1) is 7.46. The van der Waals surface area contributed by atoms with Crippen molar-refractivity contribution in [3.8, 4) is 0 Å². The van der Waals surface area contributed by atoms with E-state index in [0.29, 0.717) is 5.57 Å². The molecule has 0 amide bonds. The normalized spacial score (nSPS) is 13.4. The van der Waals surface area contributed by atoms with Crippen LogP contribution in [0.5, 0.6) is 0 Å². The highest BCUT2D eigenvalue weighted by atomic mass is 19.4. The van der Waals surface area contributed by atoms with Crippen molar-refractivity contribution in [2.45, 2.75) is 13.1 Å². The van der Waals surface area contributed by atoms with E-state index in [-0.39, 0.29) is 5.56 Å². The van der Waals surface area contributed by atoms with Crippen LogP contribution in [0.25, 0.3) is 5.57 Å². The van der Waals surface area contributed by atoms with Crippen LogP contribution in [0.15, 0.2) is 35.3 Å². The molecule has 0 heterocycles. The lowest BCUT2D eigenvalue weighted by Crippen LogP contribution is -2.08. The highest BCUT2D eigenvalue weighted by Crippen LogP contribution is 2.34. The fraction of sp³-hybridized carbons (Fsp3) is 0.250. The van der Waals surface area contributed by atoms with Gasteiger partial charge in [0.05, 0.1) is 5.56 Å². The molecule has 1 rings (SSSR count). The molecule has 0 saturated heterocycles. The highest BCUT2D eigenvalue weighted by Gasteiger charge is 2.33. The summed E-state index contributed by atoms with van der Waals surface area (Å²) in [6, 6.07) is 5.51. The van der Waals surface area contributed by atoms with Crippen LogP contribution in [0.1, 0.15) is 18.1 Å². The molecular formula is C12H12F3N. The number of nitrogens with zero attached hydrogens (tertiary/aromatic N) is 1. The van der Waals surface area contributed by atoms with Gasteiger partial charge in [-0.05, 0) is 30.2 Å². The van der Waals surface area contributed by atoms with Crippen molar-refractivity contribution in [1.82, 2.24) is 0 Å². The maximum absolute atomic E-state index is 12.7. The van der Waals surface area contributed by atoms with Crippen molar-refractivity contribution in [1.29, 1.82) is 0 Å². The van der Waals surface area contributed by atoms with Gasteiger partial charge in [-0.2, -0.15) is 13.2 Å². The van der Waals surface area contributed by atoms with Gasteiger partial charge in [-0.25, -0.2) is 0 Å². The lowest BCUT2D eigenvalue weighted by molar-refractivity contribution is -0.137. The summed E-state index contributed by atoms with van der Waals surface area (Å²) in [6.07, 6.45) is -1.29. The Hall–Kier alpha value is -1.58. The molecule has 1 aromatic rings. The van der Waals surface area contributed by atoms with E-state index in [1.54, 1.807) is 26.1 Å². The summed E-state index contributed by atoms with van der Waals surface area (Å²) in [5.41, 5.74) is 0.113. The van der Waals surface area contributed by atoms with E-state index in [9.17, 15) is 13.2 Å². The molecule has 0 fully saturated rings. The summed E-state index contributed by atoms with van der Waals surface area (Å²) >= 11 is 0. The van der Waals surface area contributed by atoms with Crippen LogP contribution >= 0.6 is 0 Å². The summed E-state index contributed by atoms with van der Waals surface area (Å²) in [5.74, 6) is 0. The second-order valence-electron chi connectivity index (χ2n) is 3.30. The number of alkyl halides is 3. The van der Waals surface area contributed by atoms with Crippen LogP contribution in [-0.2, 0) is 6.18 Å². The molecule has 0 aliphatic rings. The molecule has 0 bridgehead atoms. The van der Waals surface area contributed by atoms with Crippen molar-refractivity contribution < 1.29 is 13.2 Å². The summed E-state index contributed by atoms with van der Waals surface area (Å²) in [7, 11) is 1.57. The SMILES string of the molecule is CN=C/C=C(\C)c1ccccc1C(F)(F)F. The van der Waals surface area contributed by atoms with E-state index in [4.69, 9.17) is 0 Å². The Morgan fingerprint density at radius 1 is 1.25 bits per heavy atom. The second-order valence-corrected chi connectivity index (χ2v) is 3.30. The quantitative estimate of drug-likeness (QED) is 0.681. The maximum Gasteiger partial charge on any atom is 0.416 e. The zero-order valence-corrected chi connectivity index (χ0v) is 9.05. The van der Waals surface area contributed by atoms with Crippen molar-refractivity contribution in [3.63, 3.8) is 0 Å². The first kappa shape index (κ1) is 12.5. The molecule has 86 valence electrons. The Labute approximate surface area is 92.3 Å². The minimum Gasteiger partial charge on any atom is -0.297 e. The van der Waals surface area contributed by atoms with E-state index in [1.165, 1.54) is 18.3 Å². The van der Waals surface area contributed by atoms with Gasteiger partial charge in [0.1, 0.15) is 0 Å². The average Bonchev–Trinajstić information content (AvgIpc) is 2.24. The van der Waals surface area contributed by atoms with Crippen molar-refractivity contribution in [2.75, 3.05) is 7.05 Å². The topological polar surface area (TPSA) is 12.4 Å². The standard InChI is InChI=1S/C12H12F3N/c1-9(7-8-16-2)10-5-3-4-6-11(10)12(13,14)15/h3-8H,1-2H3/b9-7+,16-8?. The van der Waals surface area contributed by atoms with E-state index < -0.39 is 11.7 Å². The molecule has 4 heteroatoms. The molecule has 1 nitrogen and oxygen atoms in total.